The lowest BCUT2D eigenvalue weighted by molar-refractivity contribution is 0.321. The van der Waals surface area contributed by atoms with Crippen LogP contribution in [0, 0.1) is 11.8 Å². The molecule has 1 heterocycles. The molecule has 2 fully saturated rings. The van der Waals surface area contributed by atoms with Crippen LogP contribution in [0.4, 0.5) is 4.39 Å². The van der Waals surface area contributed by atoms with Crippen molar-refractivity contribution in [2.24, 2.45) is 16.8 Å². The molecular weight excluding hydrogens is 191 g/mol. The molecule has 84 valence electrons. The van der Waals surface area contributed by atoms with Crippen LogP contribution in [0.1, 0.15) is 25.7 Å². The Hall–Kier alpha value is -0.700. The molecule has 0 spiro atoms. The first-order valence-corrected chi connectivity index (χ1v) is 5.85. The van der Waals surface area contributed by atoms with Crippen LogP contribution < -0.4 is 0 Å². The van der Waals surface area contributed by atoms with E-state index in [4.69, 9.17) is 0 Å². The number of aliphatic imine (C=N–C) groups is 1. The van der Waals surface area contributed by atoms with Crippen LogP contribution in [0.25, 0.3) is 0 Å². The Labute approximate surface area is 90.9 Å². The number of rotatable bonds is 4. The lowest BCUT2D eigenvalue weighted by Crippen LogP contribution is -2.23. The van der Waals surface area contributed by atoms with Gasteiger partial charge in [-0.1, -0.05) is 6.42 Å². The molecule has 15 heavy (non-hydrogen) atoms. The van der Waals surface area contributed by atoms with Crippen LogP contribution >= 0.6 is 0 Å². The lowest BCUT2D eigenvalue weighted by atomic mass is 10.0. The van der Waals surface area contributed by atoms with Crippen molar-refractivity contribution in [3.8, 4) is 0 Å². The summed E-state index contributed by atoms with van der Waals surface area (Å²) in [6, 6.07) is 0. The van der Waals surface area contributed by atoms with Gasteiger partial charge in [-0.25, -0.2) is 4.99 Å². The highest BCUT2D eigenvalue weighted by Crippen LogP contribution is 2.37. The van der Waals surface area contributed by atoms with E-state index in [0.29, 0.717) is 0 Å². The number of halogens is 1. The van der Waals surface area contributed by atoms with E-state index in [-0.39, 0.29) is 0 Å². The summed E-state index contributed by atoms with van der Waals surface area (Å²) in [5, 5.41) is 0. The monoisotopic (exact) mass is 210 g/mol. The fraction of sp³-hybridized carbons (Fsp3) is 0.750. The third-order valence-corrected chi connectivity index (χ3v) is 3.61. The summed E-state index contributed by atoms with van der Waals surface area (Å²) >= 11 is 0. The Morgan fingerprint density at radius 2 is 2.07 bits per heavy atom. The van der Waals surface area contributed by atoms with Crippen molar-refractivity contribution in [3.05, 3.63) is 12.5 Å². The Bertz CT molecular complexity index is 250. The lowest BCUT2D eigenvalue weighted by Gasteiger charge is -2.14. The van der Waals surface area contributed by atoms with Gasteiger partial charge in [-0.05, 0) is 37.7 Å². The van der Waals surface area contributed by atoms with Gasteiger partial charge < -0.3 is 4.90 Å². The molecule has 1 saturated heterocycles. The zero-order valence-corrected chi connectivity index (χ0v) is 9.16. The molecule has 0 amide bonds. The third-order valence-electron chi connectivity index (χ3n) is 3.61. The number of fused-ring (bicyclic) bond motifs is 1. The Kier molecular flexibility index (Phi) is 3.52. The number of nitrogens with zero attached hydrogens (tertiary/aromatic N) is 2. The molecule has 0 aromatic rings. The van der Waals surface area contributed by atoms with Crippen molar-refractivity contribution < 1.29 is 4.39 Å². The SMILES string of the molecule is C=C(F)/N=C/CCN1CC2CCCC2C1. The van der Waals surface area contributed by atoms with Crippen LogP contribution in [0.2, 0.25) is 0 Å². The Morgan fingerprint density at radius 1 is 1.40 bits per heavy atom. The van der Waals surface area contributed by atoms with E-state index < -0.39 is 5.95 Å². The van der Waals surface area contributed by atoms with Gasteiger partial charge in [0.2, 0.25) is 5.95 Å². The van der Waals surface area contributed by atoms with Crippen LogP contribution in [0.3, 0.4) is 0 Å². The van der Waals surface area contributed by atoms with Gasteiger partial charge >= 0.3 is 0 Å². The highest BCUT2D eigenvalue weighted by molar-refractivity contribution is 5.58. The highest BCUT2D eigenvalue weighted by Gasteiger charge is 2.35. The van der Waals surface area contributed by atoms with Gasteiger partial charge in [-0.15, -0.1) is 0 Å². The first-order chi connectivity index (χ1) is 7.25. The summed E-state index contributed by atoms with van der Waals surface area (Å²) < 4.78 is 12.2. The van der Waals surface area contributed by atoms with E-state index in [1.807, 2.05) is 0 Å². The van der Waals surface area contributed by atoms with Gasteiger partial charge in [0, 0.05) is 25.8 Å². The number of hydrogen-bond donors (Lipinski definition) is 0. The molecule has 1 aliphatic carbocycles. The third kappa shape index (κ3) is 2.88. The molecule has 3 heteroatoms. The standard InChI is InChI=1S/C12H19FN2/c1-10(13)14-6-3-7-15-8-11-4-2-5-12(11)9-15/h6,11-12H,1-5,7-9H2/b14-6+. The van der Waals surface area contributed by atoms with Crippen molar-refractivity contribution in [2.45, 2.75) is 25.7 Å². The zero-order valence-electron chi connectivity index (χ0n) is 9.16. The minimum Gasteiger partial charge on any atom is -0.302 e. The maximum atomic E-state index is 12.2. The van der Waals surface area contributed by atoms with Crippen molar-refractivity contribution in [3.63, 3.8) is 0 Å². The smallest absolute Gasteiger partial charge is 0.205 e. The fourth-order valence-electron chi connectivity index (χ4n) is 2.92. The normalized spacial score (nSPS) is 31.3. The second-order valence-electron chi connectivity index (χ2n) is 4.69. The van der Waals surface area contributed by atoms with E-state index >= 15 is 0 Å². The average molecular weight is 210 g/mol. The molecule has 0 radical (unpaired) electrons. The van der Waals surface area contributed by atoms with Crippen LogP contribution in [0.15, 0.2) is 17.5 Å². The molecule has 1 saturated carbocycles. The van der Waals surface area contributed by atoms with Crippen LogP contribution in [-0.2, 0) is 0 Å². The summed E-state index contributed by atoms with van der Waals surface area (Å²) in [7, 11) is 0. The molecule has 0 aromatic carbocycles. The maximum Gasteiger partial charge on any atom is 0.205 e. The Balaban J connectivity index is 1.67. The summed E-state index contributed by atoms with van der Waals surface area (Å²) in [6.45, 7) is 6.60. The van der Waals surface area contributed by atoms with E-state index in [1.165, 1.54) is 32.4 Å². The maximum absolute atomic E-state index is 12.2. The summed E-state index contributed by atoms with van der Waals surface area (Å²) in [6.07, 6.45) is 6.72. The van der Waals surface area contributed by atoms with E-state index in [0.717, 1.165) is 24.8 Å². The van der Waals surface area contributed by atoms with Gasteiger partial charge in [-0.2, -0.15) is 4.39 Å². The quantitative estimate of drug-likeness (QED) is 0.514. The molecule has 2 nitrogen and oxygen atoms in total. The predicted molar refractivity (Wildman–Crippen MR) is 60.6 cm³/mol. The summed E-state index contributed by atoms with van der Waals surface area (Å²) in [5.74, 6) is 1.30. The highest BCUT2D eigenvalue weighted by atomic mass is 19.1. The summed E-state index contributed by atoms with van der Waals surface area (Å²) in [5.41, 5.74) is 0. The van der Waals surface area contributed by atoms with Crippen LogP contribution in [0.5, 0.6) is 0 Å². The second-order valence-corrected chi connectivity index (χ2v) is 4.69. The topological polar surface area (TPSA) is 15.6 Å². The molecule has 2 unspecified atom stereocenters. The molecule has 2 aliphatic rings. The molecule has 2 atom stereocenters. The number of hydrogen-bond acceptors (Lipinski definition) is 2. The fourth-order valence-corrected chi connectivity index (χ4v) is 2.92. The molecule has 1 aliphatic heterocycles. The minimum absolute atomic E-state index is 0.590. The van der Waals surface area contributed by atoms with Crippen molar-refractivity contribution in [1.29, 1.82) is 0 Å². The molecule has 2 rings (SSSR count). The van der Waals surface area contributed by atoms with Gasteiger partial charge in [0.1, 0.15) is 0 Å². The predicted octanol–water partition coefficient (Wildman–Crippen LogP) is 2.62. The molecule has 0 aromatic heterocycles. The van der Waals surface area contributed by atoms with E-state index in [9.17, 15) is 4.39 Å². The zero-order chi connectivity index (χ0) is 10.7. The molecule has 0 N–H and O–H groups in total. The first kappa shape index (κ1) is 10.8. The number of likely N-dealkylation sites (tertiary alicyclic amines) is 1. The van der Waals surface area contributed by atoms with Crippen molar-refractivity contribution in [2.75, 3.05) is 19.6 Å². The largest absolute Gasteiger partial charge is 0.302 e. The average Bonchev–Trinajstić information content (AvgIpc) is 2.71. The van der Waals surface area contributed by atoms with Crippen molar-refractivity contribution >= 4 is 6.21 Å². The van der Waals surface area contributed by atoms with E-state index in [2.05, 4.69) is 16.5 Å². The van der Waals surface area contributed by atoms with Gasteiger partial charge in [0.15, 0.2) is 0 Å². The molecular formula is C12H19FN2. The summed E-state index contributed by atoms with van der Waals surface area (Å²) in [4.78, 5) is 6.03. The molecule has 0 bridgehead atoms. The van der Waals surface area contributed by atoms with Crippen molar-refractivity contribution in [1.82, 2.24) is 4.90 Å². The minimum atomic E-state index is -0.590. The van der Waals surface area contributed by atoms with Gasteiger partial charge in [0.05, 0.1) is 0 Å². The van der Waals surface area contributed by atoms with E-state index in [1.54, 1.807) is 6.21 Å². The van der Waals surface area contributed by atoms with Gasteiger partial charge in [0.25, 0.3) is 0 Å². The second kappa shape index (κ2) is 4.88. The Morgan fingerprint density at radius 3 is 2.67 bits per heavy atom. The first-order valence-electron chi connectivity index (χ1n) is 5.85. The van der Waals surface area contributed by atoms with Gasteiger partial charge in [-0.3, -0.25) is 0 Å². The van der Waals surface area contributed by atoms with Crippen LogP contribution in [-0.4, -0.2) is 30.7 Å².